The Balaban J connectivity index is 1.38. The molecular weight excluding hydrogens is 406 g/mol. The van der Waals surface area contributed by atoms with Gasteiger partial charge in [0, 0.05) is 25.2 Å². The second kappa shape index (κ2) is 8.25. The number of hydrogen-bond acceptors (Lipinski definition) is 5. The maximum atomic E-state index is 12.9. The van der Waals surface area contributed by atoms with Crippen molar-refractivity contribution in [1.82, 2.24) is 9.21 Å². The second-order valence-corrected chi connectivity index (χ2v) is 9.87. The van der Waals surface area contributed by atoms with E-state index in [1.165, 1.54) is 36.7 Å². The van der Waals surface area contributed by atoms with Crippen molar-refractivity contribution in [2.75, 3.05) is 47.1 Å². The summed E-state index contributed by atoms with van der Waals surface area (Å²) in [6, 6.07) is 12.3. The van der Waals surface area contributed by atoms with Crippen molar-refractivity contribution in [3.63, 3.8) is 0 Å². The number of hydrogen-bond donors (Lipinski definition) is 1. The molecule has 0 spiro atoms. The largest absolute Gasteiger partial charge is 0.454 e. The van der Waals surface area contributed by atoms with E-state index in [1.54, 1.807) is 17.0 Å². The van der Waals surface area contributed by atoms with Gasteiger partial charge in [0.2, 0.25) is 16.8 Å². The molecular formula is C21H26N3O5S+. The third-order valence-corrected chi connectivity index (χ3v) is 7.32. The first-order valence-corrected chi connectivity index (χ1v) is 11.3. The number of ether oxygens (including phenoxy) is 2. The van der Waals surface area contributed by atoms with Crippen LogP contribution in [0.3, 0.4) is 0 Å². The molecule has 30 heavy (non-hydrogen) atoms. The van der Waals surface area contributed by atoms with Crippen LogP contribution in [0.1, 0.15) is 15.9 Å². The Hall–Kier alpha value is -2.62. The summed E-state index contributed by atoms with van der Waals surface area (Å²) in [4.78, 5) is 16.2. The Kier molecular flexibility index (Phi) is 5.68. The van der Waals surface area contributed by atoms with Gasteiger partial charge in [0.15, 0.2) is 11.5 Å². The molecule has 2 aromatic carbocycles. The van der Waals surface area contributed by atoms with Gasteiger partial charge in [0.05, 0.1) is 31.1 Å². The van der Waals surface area contributed by atoms with Crippen molar-refractivity contribution in [1.29, 1.82) is 0 Å². The van der Waals surface area contributed by atoms with E-state index < -0.39 is 10.0 Å². The summed E-state index contributed by atoms with van der Waals surface area (Å²) in [6.45, 7) is 4.04. The predicted octanol–water partition coefficient (Wildman–Crippen LogP) is 0.207. The Morgan fingerprint density at radius 1 is 1.07 bits per heavy atom. The smallest absolute Gasteiger partial charge is 0.254 e. The SMILES string of the molecule is CN(C)S(=O)(=O)c1cccc(C(=O)N2CC[NH+](Cc3ccc4c(c3)OCO4)CC2)c1. The summed E-state index contributed by atoms with van der Waals surface area (Å²) in [7, 11) is -0.616. The standard InChI is InChI=1S/C21H25N3O5S/c1-22(2)30(26,27)18-5-3-4-17(13-18)21(25)24-10-8-23(9-11-24)14-16-6-7-19-20(12-16)29-15-28-19/h3-7,12-13H,8-11,14-15H2,1-2H3/p+1. The molecule has 2 aliphatic rings. The lowest BCUT2D eigenvalue weighted by molar-refractivity contribution is -0.917. The third-order valence-electron chi connectivity index (χ3n) is 5.51. The Labute approximate surface area is 176 Å². The highest BCUT2D eigenvalue weighted by Gasteiger charge is 2.26. The summed E-state index contributed by atoms with van der Waals surface area (Å²) in [5.41, 5.74) is 1.58. The monoisotopic (exact) mass is 432 g/mol. The molecule has 8 nitrogen and oxygen atoms in total. The fraction of sp³-hybridized carbons (Fsp3) is 0.381. The van der Waals surface area contributed by atoms with E-state index in [1.807, 2.05) is 12.1 Å². The van der Waals surface area contributed by atoms with Gasteiger partial charge in [0.1, 0.15) is 6.54 Å². The zero-order chi connectivity index (χ0) is 21.3. The molecule has 1 saturated heterocycles. The summed E-state index contributed by atoms with van der Waals surface area (Å²) in [5, 5.41) is 0. The first kappa shape index (κ1) is 20.6. The minimum absolute atomic E-state index is 0.130. The molecule has 0 atom stereocenters. The van der Waals surface area contributed by atoms with Crippen LogP contribution < -0.4 is 14.4 Å². The van der Waals surface area contributed by atoms with Gasteiger partial charge in [-0.05, 0) is 36.4 Å². The highest BCUT2D eigenvalue weighted by Crippen LogP contribution is 2.32. The van der Waals surface area contributed by atoms with Gasteiger partial charge in [-0.2, -0.15) is 0 Å². The number of nitrogens with zero attached hydrogens (tertiary/aromatic N) is 2. The van der Waals surface area contributed by atoms with Gasteiger partial charge in [-0.15, -0.1) is 0 Å². The number of amides is 1. The van der Waals surface area contributed by atoms with Crippen molar-refractivity contribution in [3.05, 3.63) is 53.6 Å². The number of sulfonamides is 1. The van der Waals surface area contributed by atoms with Crippen LogP contribution in [-0.2, 0) is 16.6 Å². The van der Waals surface area contributed by atoms with E-state index >= 15 is 0 Å². The molecule has 9 heteroatoms. The van der Waals surface area contributed by atoms with Crippen LogP contribution in [0.2, 0.25) is 0 Å². The number of rotatable bonds is 5. The van der Waals surface area contributed by atoms with Gasteiger partial charge < -0.3 is 19.3 Å². The number of fused-ring (bicyclic) bond motifs is 1. The Bertz CT molecular complexity index is 1050. The number of carbonyl (C=O) groups excluding carboxylic acids is 1. The number of benzene rings is 2. The quantitative estimate of drug-likeness (QED) is 0.731. The van der Waals surface area contributed by atoms with E-state index in [-0.39, 0.29) is 17.6 Å². The van der Waals surface area contributed by atoms with Gasteiger partial charge in [-0.25, -0.2) is 12.7 Å². The summed E-state index contributed by atoms with van der Waals surface area (Å²) in [6.07, 6.45) is 0. The minimum atomic E-state index is -3.57. The van der Waals surface area contributed by atoms with E-state index in [2.05, 4.69) is 6.07 Å². The lowest BCUT2D eigenvalue weighted by Gasteiger charge is -2.32. The van der Waals surface area contributed by atoms with E-state index in [0.717, 1.165) is 35.4 Å². The molecule has 0 unspecified atom stereocenters. The first-order valence-electron chi connectivity index (χ1n) is 9.88. The fourth-order valence-corrected chi connectivity index (χ4v) is 4.67. The molecule has 0 saturated carbocycles. The first-order chi connectivity index (χ1) is 14.3. The average molecular weight is 433 g/mol. The Morgan fingerprint density at radius 2 is 1.80 bits per heavy atom. The summed E-state index contributed by atoms with van der Waals surface area (Å²) >= 11 is 0. The van der Waals surface area contributed by atoms with Gasteiger partial charge in [-0.3, -0.25) is 4.79 Å². The molecule has 0 bridgehead atoms. The van der Waals surface area contributed by atoms with E-state index in [9.17, 15) is 13.2 Å². The average Bonchev–Trinajstić information content (AvgIpc) is 3.21. The molecule has 0 radical (unpaired) electrons. The van der Waals surface area contributed by atoms with Crippen molar-refractivity contribution >= 4 is 15.9 Å². The van der Waals surface area contributed by atoms with Gasteiger partial charge in [-0.1, -0.05) is 6.07 Å². The molecule has 160 valence electrons. The Morgan fingerprint density at radius 3 is 2.53 bits per heavy atom. The van der Waals surface area contributed by atoms with Crippen LogP contribution >= 0.6 is 0 Å². The molecule has 1 fully saturated rings. The fourth-order valence-electron chi connectivity index (χ4n) is 3.73. The number of nitrogens with one attached hydrogen (secondary N) is 1. The lowest BCUT2D eigenvalue weighted by Crippen LogP contribution is -3.13. The van der Waals surface area contributed by atoms with Crippen LogP contribution in [-0.4, -0.2) is 70.6 Å². The van der Waals surface area contributed by atoms with Crippen LogP contribution in [0.5, 0.6) is 11.5 Å². The topological polar surface area (TPSA) is 80.6 Å². The number of quaternary nitrogens is 1. The maximum Gasteiger partial charge on any atom is 0.254 e. The van der Waals surface area contributed by atoms with Gasteiger partial charge in [0.25, 0.3) is 5.91 Å². The minimum Gasteiger partial charge on any atom is -0.454 e. The van der Waals surface area contributed by atoms with Crippen LogP contribution in [0.25, 0.3) is 0 Å². The number of carbonyl (C=O) groups is 1. The van der Waals surface area contributed by atoms with Crippen LogP contribution in [0, 0.1) is 0 Å². The van der Waals surface area contributed by atoms with E-state index in [0.29, 0.717) is 18.7 Å². The zero-order valence-electron chi connectivity index (χ0n) is 17.1. The molecule has 2 aliphatic heterocycles. The van der Waals surface area contributed by atoms with E-state index in [4.69, 9.17) is 9.47 Å². The normalized spacial score (nSPS) is 16.8. The third kappa shape index (κ3) is 4.14. The molecule has 2 heterocycles. The highest BCUT2D eigenvalue weighted by atomic mass is 32.2. The molecule has 1 N–H and O–H groups in total. The maximum absolute atomic E-state index is 12.9. The molecule has 4 rings (SSSR count). The number of piperazine rings is 1. The van der Waals surface area contributed by atoms with Crippen molar-refractivity contribution < 1.29 is 27.6 Å². The van der Waals surface area contributed by atoms with Crippen LogP contribution in [0.15, 0.2) is 47.4 Å². The molecule has 1 amide bonds. The van der Waals surface area contributed by atoms with Gasteiger partial charge >= 0.3 is 0 Å². The predicted molar refractivity (Wildman–Crippen MR) is 110 cm³/mol. The van der Waals surface area contributed by atoms with Crippen molar-refractivity contribution in [2.45, 2.75) is 11.4 Å². The zero-order valence-corrected chi connectivity index (χ0v) is 17.9. The lowest BCUT2D eigenvalue weighted by atomic mass is 10.1. The molecule has 0 aromatic heterocycles. The van der Waals surface area contributed by atoms with Crippen LogP contribution in [0.4, 0.5) is 0 Å². The second-order valence-electron chi connectivity index (χ2n) is 7.72. The molecule has 2 aromatic rings. The van der Waals surface area contributed by atoms with Crippen molar-refractivity contribution in [3.8, 4) is 11.5 Å². The summed E-state index contributed by atoms with van der Waals surface area (Å²) in [5.74, 6) is 1.43. The molecule has 0 aliphatic carbocycles. The van der Waals surface area contributed by atoms with Crippen molar-refractivity contribution in [2.24, 2.45) is 0 Å². The highest BCUT2D eigenvalue weighted by molar-refractivity contribution is 7.89. The summed E-state index contributed by atoms with van der Waals surface area (Å²) < 4.78 is 36.6.